The van der Waals surface area contributed by atoms with Gasteiger partial charge in [-0.05, 0) is 48.1 Å². The number of anilines is 1. The Balaban J connectivity index is 1.34. The van der Waals surface area contributed by atoms with Gasteiger partial charge in [-0.15, -0.1) is 0 Å². The van der Waals surface area contributed by atoms with E-state index in [4.69, 9.17) is 4.74 Å². The number of sulfone groups is 1. The largest absolute Gasteiger partial charge is 0.481 e. The molecule has 0 radical (unpaired) electrons. The van der Waals surface area contributed by atoms with Gasteiger partial charge in [-0.1, -0.05) is 79.5 Å². The van der Waals surface area contributed by atoms with Crippen LogP contribution in [0.1, 0.15) is 49.1 Å². The molecule has 0 spiro atoms. The van der Waals surface area contributed by atoms with Crippen LogP contribution in [0.15, 0.2) is 71.6 Å². The lowest BCUT2D eigenvalue weighted by atomic mass is 9.87. The van der Waals surface area contributed by atoms with E-state index in [1.165, 1.54) is 24.2 Å². The van der Waals surface area contributed by atoms with Gasteiger partial charge in [0.1, 0.15) is 10.3 Å². The standard InChI is InChI=1S/C29H31N3O4S2/c1-36-26-16-15-25-28(31-26)37-29(30-25)32-27(33)24(19-21-9-5-6-10-21)22-11-13-23(14-12-22)38(34,35)18-17-20-7-3-2-4-8-20/h2-4,7-8,11-16,21,24H,5-6,9-10,17-19H2,1H3,(H,30,32,33). The molecule has 1 aliphatic carbocycles. The second-order valence-corrected chi connectivity index (χ2v) is 12.8. The Morgan fingerprint density at radius 1 is 1.03 bits per heavy atom. The number of nitrogens with zero attached hydrogens (tertiary/aromatic N) is 2. The molecule has 1 N–H and O–H groups in total. The van der Waals surface area contributed by atoms with Crippen LogP contribution in [0.25, 0.3) is 10.3 Å². The maximum absolute atomic E-state index is 13.5. The van der Waals surface area contributed by atoms with E-state index in [-0.39, 0.29) is 16.6 Å². The van der Waals surface area contributed by atoms with Crippen LogP contribution in [0.5, 0.6) is 5.88 Å². The average molecular weight is 550 g/mol. The van der Waals surface area contributed by atoms with E-state index in [1.807, 2.05) is 36.4 Å². The van der Waals surface area contributed by atoms with Crippen molar-refractivity contribution in [3.8, 4) is 5.88 Å². The molecule has 1 saturated carbocycles. The fourth-order valence-electron chi connectivity index (χ4n) is 5.06. The highest BCUT2D eigenvalue weighted by Crippen LogP contribution is 2.36. The van der Waals surface area contributed by atoms with Crippen LogP contribution in [0.3, 0.4) is 0 Å². The van der Waals surface area contributed by atoms with Gasteiger partial charge in [-0.3, -0.25) is 4.79 Å². The van der Waals surface area contributed by atoms with Gasteiger partial charge in [0.05, 0.1) is 23.7 Å². The summed E-state index contributed by atoms with van der Waals surface area (Å²) in [6, 6.07) is 20.0. The Morgan fingerprint density at radius 2 is 1.76 bits per heavy atom. The van der Waals surface area contributed by atoms with E-state index in [0.717, 1.165) is 30.4 Å². The summed E-state index contributed by atoms with van der Waals surface area (Å²) in [4.78, 5) is 23.4. The number of pyridine rings is 1. The van der Waals surface area contributed by atoms with Crippen molar-refractivity contribution < 1.29 is 17.9 Å². The van der Waals surface area contributed by atoms with E-state index >= 15 is 0 Å². The summed E-state index contributed by atoms with van der Waals surface area (Å²) in [5.74, 6) is 0.480. The van der Waals surface area contributed by atoms with Gasteiger partial charge in [0, 0.05) is 6.07 Å². The van der Waals surface area contributed by atoms with Gasteiger partial charge < -0.3 is 10.1 Å². The molecule has 9 heteroatoms. The second kappa shape index (κ2) is 11.6. The maximum Gasteiger partial charge on any atom is 0.233 e. The highest BCUT2D eigenvalue weighted by Gasteiger charge is 2.28. The summed E-state index contributed by atoms with van der Waals surface area (Å²) in [5, 5.41) is 3.48. The molecule has 0 bridgehead atoms. The smallest absolute Gasteiger partial charge is 0.233 e. The third kappa shape index (κ3) is 6.22. The van der Waals surface area contributed by atoms with Crippen molar-refractivity contribution >= 4 is 42.6 Å². The molecule has 2 heterocycles. The van der Waals surface area contributed by atoms with Gasteiger partial charge in [0.15, 0.2) is 15.0 Å². The predicted molar refractivity (Wildman–Crippen MR) is 151 cm³/mol. The van der Waals surface area contributed by atoms with Gasteiger partial charge in [0.2, 0.25) is 11.8 Å². The molecule has 1 unspecified atom stereocenters. The molecule has 7 nitrogen and oxygen atoms in total. The van der Waals surface area contributed by atoms with Gasteiger partial charge in [-0.25, -0.2) is 18.4 Å². The fraction of sp³-hybridized carbons (Fsp3) is 0.345. The first-order chi connectivity index (χ1) is 18.4. The van der Waals surface area contributed by atoms with Crippen molar-refractivity contribution in [3.05, 3.63) is 77.9 Å². The molecular formula is C29H31N3O4S2. The van der Waals surface area contributed by atoms with E-state index in [2.05, 4.69) is 15.3 Å². The molecule has 1 aliphatic rings. The minimum atomic E-state index is -3.44. The molecule has 0 saturated heterocycles. The Kier molecular flexibility index (Phi) is 8.04. The Morgan fingerprint density at radius 3 is 2.47 bits per heavy atom. The lowest BCUT2D eigenvalue weighted by Crippen LogP contribution is -2.23. The number of aromatic nitrogens is 2. The van der Waals surface area contributed by atoms with Gasteiger partial charge in [0.25, 0.3) is 0 Å². The first kappa shape index (κ1) is 26.3. The van der Waals surface area contributed by atoms with Crippen LogP contribution in [-0.4, -0.2) is 37.2 Å². The molecule has 38 heavy (non-hydrogen) atoms. The SMILES string of the molecule is COc1ccc2nc(NC(=O)C(CC3CCCC3)c3ccc(S(=O)(=O)CCc4ccccc4)cc3)sc2n1. The molecule has 198 valence electrons. The van der Waals surface area contributed by atoms with Crippen LogP contribution in [0.2, 0.25) is 0 Å². The van der Waals surface area contributed by atoms with E-state index in [9.17, 15) is 13.2 Å². The van der Waals surface area contributed by atoms with Crippen LogP contribution < -0.4 is 10.1 Å². The number of ether oxygens (including phenoxy) is 1. The zero-order valence-electron chi connectivity index (χ0n) is 21.3. The van der Waals surface area contributed by atoms with Crippen LogP contribution in [0, 0.1) is 5.92 Å². The zero-order chi connectivity index (χ0) is 26.5. The minimum Gasteiger partial charge on any atom is -0.481 e. The van der Waals surface area contributed by atoms with E-state index in [1.54, 1.807) is 37.4 Å². The molecule has 2 aromatic carbocycles. The number of rotatable bonds is 10. The summed E-state index contributed by atoms with van der Waals surface area (Å²) >= 11 is 1.31. The number of fused-ring (bicyclic) bond motifs is 1. The van der Waals surface area contributed by atoms with Crippen LogP contribution >= 0.6 is 11.3 Å². The van der Waals surface area contributed by atoms with Crippen LogP contribution in [0.4, 0.5) is 5.13 Å². The first-order valence-corrected chi connectivity index (χ1v) is 15.4. The number of methoxy groups -OCH3 is 1. The number of hydrogen-bond acceptors (Lipinski definition) is 7. The van der Waals surface area contributed by atoms with E-state index in [0.29, 0.717) is 33.7 Å². The van der Waals surface area contributed by atoms with Gasteiger partial charge >= 0.3 is 0 Å². The minimum absolute atomic E-state index is 0.0405. The number of carbonyl (C=O) groups excluding carboxylic acids is 1. The molecule has 1 atom stereocenters. The summed E-state index contributed by atoms with van der Waals surface area (Å²) in [6.45, 7) is 0. The molecule has 5 rings (SSSR count). The van der Waals surface area contributed by atoms with Crippen molar-refractivity contribution in [3.63, 3.8) is 0 Å². The second-order valence-electron chi connectivity index (χ2n) is 9.75. The maximum atomic E-state index is 13.5. The monoisotopic (exact) mass is 549 g/mol. The fourth-order valence-corrected chi connectivity index (χ4v) is 7.18. The molecule has 1 amide bonds. The number of amides is 1. The number of aryl methyl sites for hydroxylation is 1. The Labute approximate surface area is 227 Å². The third-order valence-corrected chi connectivity index (χ3v) is 9.79. The zero-order valence-corrected chi connectivity index (χ0v) is 22.9. The summed E-state index contributed by atoms with van der Waals surface area (Å²) in [6.07, 6.45) is 5.77. The molecule has 1 fully saturated rings. The summed E-state index contributed by atoms with van der Waals surface area (Å²) in [7, 11) is -1.88. The summed E-state index contributed by atoms with van der Waals surface area (Å²) < 4.78 is 31.1. The van der Waals surface area contributed by atoms with E-state index < -0.39 is 15.8 Å². The van der Waals surface area contributed by atoms with Crippen LogP contribution in [-0.2, 0) is 21.1 Å². The van der Waals surface area contributed by atoms with Crippen molar-refractivity contribution in [2.24, 2.45) is 5.92 Å². The summed E-state index contributed by atoms with van der Waals surface area (Å²) in [5.41, 5.74) is 2.50. The molecule has 2 aromatic heterocycles. The van der Waals surface area contributed by atoms with Crippen molar-refractivity contribution in [1.29, 1.82) is 0 Å². The number of benzene rings is 2. The van der Waals surface area contributed by atoms with Crippen molar-refractivity contribution in [1.82, 2.24) is 9.97 Å². The topological polar surface area (TPSA) is 98.2 Å². The number of thiazole rings is 1. The highest BCUT2D eigenvalue weighted by atomic mass is 32.2. The lowest BCUT2D eigenvalue weighted by molar-refractivity contribution is -0.118. The lowest BCUT2D eigenvalue weighted by Gasteiger charge is -2.20. The normalized spacial score (nSPS) is 15.0. The predicted octanol–water partition coefficient (Wildman–Crippen LogP) is 6.02. The average Bonchev–Trinajstić information content (AvgIpc) is 3.60. The Hall–Kier alpha value is -3.30. The quantitative estimate of drug-likeness (QED) is 0.260. The Bertz CT molecular complexity index is 1500. The number of carbonyl (C=O) groups is 1. The number of nitrogens with one attached hydrogen (secondary N) is 1. The highest BCUT2D eigenvalue weighted by molar-refractivity contribution is 7.91. The molecule has 0 aliphatic heterocycles. The van der Waals surface area contributed by atoms with Crippen molar-refractivity contribution in [2.45, 2.75) is 49.3 Å². The van der Waals surface area contributed by atoms with Gasteiger partial charge in [-0.2, -0.15) is 0 Å². The third-order valence-electron chi connectivity index (χ3n) is 7.17. The van der Waals surface area contributed by atoms with Crippen molar-refractivity contribution in [2.75, 3.05) is 18.2 Å². The molecule has 4 aromatic rings. The first-order valence-electron chi connectivity index (χ1n) is 12.9. The molecular weight excluding hydrogens is 518 g/mol. The number of hydrogen-bond donors (Lipinski definition) is 1.